The summed E-state index contributed by atoms with van der Waals surface area (Å²) in [4.78, 5) is 33.1. The summed E-state index contributed by atoms with van der Waals surface area (Å²) >= 11 is 0. The first-order valence-electron chi connectivity index (χ1n) is 9.20. The second-order valence-electron chi connectivity index (χ2n) is 6.95. The summed E-state index contributed by atoms with van der Waals surface area (Å²) in [5.74, 6) is -0.499. The molecule has 0 saturated carbocycles. The van der Waals surface area contributed by atoms with Crippen LogP contribution in [0.2, 0.25) is 0 Å². The van der Waals surface area contributed by atoms with E-state index in [9.17, 15) is 14.0 Å². The van der Waals surface area contributed by atoms with Crippen molar-refractivity contribution < 1.29 is 14.0 Å². The Labute approximate surface area is 158 Å². The minimum Gasteiger partial charge on any atom is -0.344 e. The van der Waals surface area contributed by atoms with Crippen LogP contribution in [-0.2, 0) is 22.4 Å². The van der Waals surface area contributed by atoms with Crippen LogP contribution in [0, 0.1) is 11.7 Å². The van der Waals surface area contributed by atoms with E-state index in [0.29, 0.717) is 38.9 Å². The van der Waals surface area contributed by atoms with Gasteiger partial charge in [0.15, 0.2) is 0 Å². The number of nitrogens with zero attached hydrogens (tertiary/aromatic N) is 3. The highest BCUT2D eigenvalue weighted by atomic mass is 19.1. The fraction of sp³-hybridized carbons (Fsp3) is 0.381. The molecule has 142 valence electrons. The van der Waals surface area contributed by atoms with Crippen molar-refractivity contribution in [1.29, 1.82) is 0 Å². The number of rotatable bonds is 5. The highest BCUT2D eigenvalue weighted by Gasteiger charge is 2.30. The topological polar surface area (TPSA) is 53.5 Å². The molecule has 1 aliphatic rings. The highest BCUT2D eigenvalue weighted by Crippen LogP contribution is 2.16. The van der Waals surface area contributed by atoms with Gasteiger partial charge in [-0.1, -0.05) is 18.2 Å². The molecule has 2 amide bonds. The molecule has 1 aliphatic heterocycles. The summed E-state index contributed by atoms with van der Waals surface area (Å²) in [5.41, 5.74) is 1.78. The number of aryl methyl sites for hydroxylation is 1. The second kappa shape index (κ2) is 8.75. The summed E-state index contributed by atoms with van der Waals surface area (Å²) < 4.78 is 13.0. The normalized spacial score (nSPS) is 17.7. The van der Waals surface area contributed by atoms with Gasteiger partial charge in [0, 0.05) is 51.4 Å². The van der Waals surface area contributed by atoms with Crippen LogP contribution >= 0.6 is 0 Å². The lowest BCUT2D eigenvalue weighted by Crippen LogP contribution is -2.37. The van der Waals surface area contributed by atoms with E-state index in [0.717, 1.165) is 11.3 Å². The first-order valence-corrected chi connectivity index (χ1v) is 9.20. The molecule has 0 bridgehead atoms. The third kappa shape index (κ3) is 5.12. The van der Waals surface area contributed by atoms with Gasteiger partial charge in [0.2, 0.25) is 11.8 Å². The number of likely N-dealkylation sites (N-methyl/N-ethyl adjacent to an activating group) is 1. The molecule has 0 N–H and O–H groups in total. The van der Waals surface area contributed by atoms with E-state index >= 15 is 0 Å². The summed E-state index contributed by atoms with van der Waals surface area (Å²) in [5, 5.41) is 0. The molecule has 1 aromatic heterocycles. The molecule has 1 fully saturated rings. The number of hydrogen-bond acceptors (Lipinski definition) is 3. The molecule has 2 heterocycles. The number of amides is 2. The molecular formula is C21H24FN3O2. The molecule has 1 saturated heterocycles. The van der Waals surface area contributed by atoms with Crippen molar-refractivity contribution in [2.75, 3.05) is 26.7 Å². The molecule has 0 radical (unpaired) electrons. The Bertz CT molecular complexity index is 780. The van der Waals surface area contributed by atoms with Crippen LogP contribution in [0.25, 0.3) is 0 Å². The number of carbonyl (C=O) groups excluding carboxylic acids is 2. The summed E-state index contributed by atoms with van der Waals surface area (Å²) in [6.07, 6.45) is 3.14. The monoisotopic (exact) mass is 369 g/mol. The van der Waals surface area contributed by atoms with Crippen molar-refractivity contribution >= 4 is 11.8 Å². The first-order chi connectivity index (χ1) is 13.0. The number of carbonyl (C=O) groups is 2. The Balaban J connectivity index is 1.64. The van der Waals surface area contributed by atoms with Crippen LogP contribution in [0.15, 0.2) is 48.7 Å². The van der Waals surface area contributed by atoms with Crippen LogP contribution in [0.4, 0.5) is 4.39 Å². The average molecular weight is 369 g/mol. The fourth-order valence-corrected chi connectivity index (χ4v) is 3.34. The number of pyridine rings is 1. The van der Waals surface area contributed by atoms with E-state index in [1.807, 2.05) is 18.2 Å². The van der Waals surface area contributed by atoms with Crippen LogP contribution in [0.5, 0.6) is 0 Å². The molecule has 1 aromatic carbocycles. The number of benzene rings is 1. The van der Waals surface area contributed by atoms with Gasteiger partial charge in [-0.3, -0.25) is 14.6 Å². The van der Waals surface area contributed by atoms with Gasteiger partial charge in [0.1, 0.15) is 5.82 Å². The van der Waals surface area contributed by atoms with Crippen molar-refractivity contribution in [3.05, 3.63) is 65.7 Å². The lowest BCUT2D eigenvalue weighted by molar-refractivity contribution is -0.134. The van der Waals surface area contributed by atoms with E-state index in [1.54, 1.807) is 35.2 Å². The van der Waals surface area contributed by atoms with Crippen molar-refractivity contribution in [3.63, 3.8) is 0 Å². The minimum absolute atomic E-state index is 0.0217. The van der Waals surface area contributed by atoms with E-state index in [-0.39, 0.29) is 23.5 Å². The van der Waals surface area contributed by atoms with E-state index in [2.05, 4.69) is 4.98 Å². The maximum absolute atomic E-state index is 13.0. The molecule has 1 unspecified atom stereocenters. The Morgan fingerprint density at radius 3 is 2.67 bits per heavy atom. The Hall–Kier alpha value is -2.76. The van der Waals surface area contributed by atoms with E-state index in [1.165, 1.54) is 12.1 Å². The van der Waals surface area contributed by atoms with Gasteiger partial charge in [-0.05, 0) is 36.2 Å². The van der Waals surface area contributed by atoms with Gasteiger partial charge in [0.25, 0.3) is 0 Å². The Kier molecular flexibility index (Phi) is 6.16. The molecule has 6 heteroatoms. The van der Waals surface area contributed by atoms with Gasteiger partial charge in [-0.25, -0.2) is 4.39 Å². The van der Waals surface area contributed by atoms with Crippen molar-refractivity contribution in [1.82, 2.24) is 14.8 Å². The summed E-state index contributed by atoms with van der Waals surface area (Å²) in [6, 6.07) is 11.9. The van der Waals surface area contributed by atoms with Crippen molar-refractivity contribution in [3.8, 4) is 0 Å². The molecule has 0 aliphatic carbocycles. The quantitative estimate of drug-likeness (QED) is 0.813. The Morgan fingerprint density at radius 1 is 1.19 bits per heavy atom. The van der Waals surface area contributed by atoms with Crippen LogP contribution in [-0.4, -0.2) is 53.3 Å². The number of aromatic nitrogens is 1. The lowest BCUT2D eigenvalue weighted by Gasteiger charge is -2.23. The molecule has 1 atom stereocenters. The van der Waals surface area contributed by atoms with Crippen molar-refractivity contribution in [2.45, 2.75) is 19.3 Å². The van der Waals surface area contributed by atoms with Gasteiger partial charge in [-0.15, -0.1) is 0 Å². The van der Waals surface area contributed by atoms with E-state index < -0.39 is 0 Å². The zero-order chi connectivity index (χ0) is 19.2. The molecule has 2 aromatic rings. The highest BCUT2D eigenvalue weighted by molar-refractivity contribution is 5.82. The van der Waals surface area contributed by atoms with Crippen LogP contribution < -0.4 is 0 Å². The second-order valence-corrected chi connectivity index (χ2v) is 6.95. The third-order valence-corrected chi connectivity index (χ3v) is 4.95. The standard InChI is InChI=1S/C21H24FN3O2/c1-24-12-13-25(20(26)10-7-16-5-8-18(22)9-6-16)15-17(21(24)27)14-19-4-2-3-11-23-19/h2-6,8-9,11,17H,7,10,12-15H2,1H3. The average Bonchev–Trinajstić information content (AvgIpc) is 2.82. The third-order valence-electron chi connectivity index (χ3n) is 4.95. The molecule has 5 nitrogen and oxygen atoms in total. The van der Waals surface area contributed by atoms with E-state index in [4.69, 9.17) is 0 Å². The van der Waals surface area contributed by atoms with Gasteiger partial charge >= 0.3 is 0 Å². The molecular weight excluding hydrogens is 345 g/mol. The number of halogens is 1. The van der Waals surface area contributed by atoms with Crippen LogP contribution in [0.3, 0.4) is 0 Å². The molecule has 27 heavy (non-hydrogen) atoms. The zero-order valence-corrected chi connectivity index (χ0v) is 15.5. The largest absolute Gasteiger partial charge is 0.344 e. The van der Waals surface area contributed by atoms with Gasteiger partial charge in [0.05, 0.1) is 5.92 Å². The maximum atomic E-state index is 13.0. The zero-order valence-electron chi connectivity index (χ0n) is 15.5. The smallest absolute Gasteiger partial charge is 0.227 e. The lowest BCUT2D eigenvalue weighted by atomic mass is 10.0. The van der Waals surface area contributed by atoms with Crippen LogP contribution in [0.1, 0.15) is 17.7 Å². The Morgan fingerprint density at radius 2 is 1.96 bits per heavy atom. The first kappa shape index (κ1) is 19.0. The summed E-state index contributed by atoms with van der Waals surface area (Å²) in [6.45, 7) is 1.46. The minimum atomic E-state index is -0.290. The molecule has 3 rings (SSSR count). The SMILES string of the molecule is CN1CCN(C(=O)CCc2ccc(F)cc2)CC(Cc2ccccn2)C1=O. The summed E-state index contributed by atoms with van der Waals surface area (Å²) in [7, 11) is 1.78. The maximum Gasteiger partial charge on any atom is 0.227 e. The molecule has 0 spiro atoms. The van der Waals surface area contributed by atoms with Crippen molar-refractivity contribution in [2.24, 2.45) is 5.92 Å². The predicted molar refractivity (Wildman–Crippen MR) is 100 cm³/mol. The number of hydrogen-bond donors (Lipinski definition) is 0. The van der Waals surface area contributed by atoms with Gasteiger partial charge in [-0.2, -0.15) is 0 Å². The fourth-order valence-electron chi connectivity index (χ4n) is 3.34. The van der Waals surface area contributed by atoms with Gasteiger partial charge < -0.3 is 9.80 Å². The predicted octanol–water partition coefficient (Wildman–Crippen LogP) is 2.31.